The minimum atomic E-state index is -4.39. The number of anilines is 1. The number of halogens is 4. The van der Waals surface area contributed by atoms with Crippen molar-refractivity contribution in [2.45, 2.75) is 12.8 Å². The molecule has 0 heterocycles. The summed E-state index contributed by atoms with van der Waals surface area (Å²) in [6, 6.07) is 19.4. The third-order valence-electron chi connectivity index (χ3n) is 3.79. The zero-order valence-electron chi connectivity index (χ0n) is 14.6. The van der Waals surface area contributed by atoms with Crippen LogP contribution in [0.3, 0.4) is 0 Å². The molecule has 7 heteroatoms. The van der Waals surface area contributed by atoms with E-state index in [1.807, 2.05) is 30.3 Å². The summed E-state index contributed by atoms with van der Waals surface area (Å²) in [4.78, 5) is 0. The average Bonchev–Trinajstić information content (AvgIpc) is 2.68. The first-order valence-electron chi connectivity index (χ1n) is 8.34. The van der Waals surface area contributed by atoms with Gasteiger partial charge in [-0.2, -0.15) is 18.3 Å². The van der Waals surface area contributed by atoms with Crippen LogP contribution in [0.15, 0.2) is 77.9 Å². The topological polar surface area (TPSA) is 33.6 Å². The van der Waals surface area contributed by atoms with E-state index in [0.717, 1.165) is 17.8 Å². The fraction of sp³-hybridized carbons (Fsp3) is 0.0952. The van der Waals surface area contributed by atoms with Crippen LogP contribution in [-0.4, -0.2) is 6.21 Å². The average molecular weight is 405 g/mol. The van der Waals surface area contributed by atoms with Gasteiger partial charge in [0.1, 0.15) is 12.4 Å². The van der Waals surface area contributed by atoms with Crippen LogP contribution in [0.4, 0.5) is 18.9 Å². The molecule has 28 heavy (non-hydrogen) atoms. The highest BCUT2D eigenvalue weighted by molar-refractivity contribution is 6.30. The summed E-state index contributed by atoms with van der Waals surface area (Å²) < 4.78 is 44.2. The lowest BCUT2D eigenvalue weighted by Gasteiger charge is -2.12. The predicted molar refractivity (Wildman–Crippen MR) is 105 cm³/mol. The highest BCUT2D eigenvalue weighted by atomic mass is 35.5. The van der Waals surface area contributed by atoms with Gasteiger partial charge >= 0.3 is 6.18 Å². The van der Waals surface area contributed by atoms with Gasteiger partial charge in [0.05, 0.1) is 17.5 Å². The quantitative estimate of drug-likeness (QED) is 0.382. The Morgan fingerprint density at radius 3 is 2.50 bits per heavy atom. The number of rotatable bonds is 6. The molecule has 0 spiro atoms. The van der Waals surface area contributed by atoms with Gasteiger partial charge in [-0.3, -0.25) is 5.43 Å². The predicted octanol–water partition coefficient (Wildman–Crippen LogP) is 6.38. The van der Waals surface area contributed by atoms with Gasteiger partial charge in [-0.1, -0.05) is 41.9 Å². The van der Waals surface area contributed by atoms with E-state index in [4.69, 9.17) is 16.3 Å². The van der Waals surface area contributed by atoms with Crippen LogP contribution in [0.2, 0.25) is 5.02 Å². The second-order valence-electron chi connectivity index (χ2n) is 5.90. The van der Waals surface area contributed by atoms with Crippen molar-refractivity contribution in [1.29, 1.82) is 0 Å². The van der Waals surface area contributed by atoms with Crippen molar-refractivity contribution in [2.24, 2.45) is 5.10 Å². The fourth-order valence-electron chi connectivity index (χ4n) is 2.44. The number of hydrogen-bond donors (Lipinski definition) is 1. The first kappa shape index (κ1) is 19.8. The third kappa shape index (κ3) is 5.50. The molecule has 3 nitrogen and oxygen atoms in total. The summed E-state index contributed by atoms with van der Waals surface area (Å²) in [5.74, 6) is 0.459. The minimum Gasteiger partial charge on any atom is -0.488 e. The monoisotopic (exact) mass is 404 g/mol. The lowest BCUT2D eigenvalue weighted by atomic mass is 10.1. The minimum absolute atomic E-state index is 0.0154. The summed E-state index contributed by atoms with van der Waals surface area (Å²) in [6.45, 7) is -0.0154. The van der Waals surface area contributed by atoms with Crippen molar-refractivity contribution < 1.29 is 17.9 Å². The van der Waals surface area contributed by atoms with Crippen LogP contribution in [0.25, 0.3) is 0 Å². The van der Waals surface area contributed by atoms with Gasteiger partial charge < -0.3 is 4.74 Å². The molecule has 0 saturated carbocycles. The molecular weight excluding hydrogens is 389 g/mol. The number of alkyl halides is 3. The fourth-order valence-corrected chi connectivity index (χ4v) is 2.62. The molecular formula is C21H16ClF3N2O. The van der Waals surface area contributed by atoms with Crippen molar-refractivity contribution in [3.63, 3.8) is 0 Å². The molecule has 3 aromatic carbocycles. The Bertz CT molecular complexity index is 959. The maximum Gasteiger partial charge on any atom is 0.416 e. The molecule has 0 aliphatic rings. The van der Waals surface area contributed by atoms with Gasteiger partial charge in [-0.05, 0) is 48.0 Å². The molecule has 3 rings (SSSR count). The van der Waals surface area contributed by atoms with Crippen molar-refractivity contribution in [2.75, 3.05) is 5.43 Å². The number of nitrogens with one attached hydrogen (secondary N) is 1. The Labute approximate surface area is 165 Å². The Balaban J connectivity index is 1.72. The highest BCUT2D eigenvalue weighted by Crippen LogP contribution is 2.30. The van der Waals surface area contributed by atoms with E-state index in [9.17, 15) is 13.2 Å². The van der Waals surface area contributed by atoms with Crippen molar-refractivity contribution in [3.05, 3.63) is 94.5 Å². The summed E-state index contributed by atoms with van der Waals surface area (Å²) in [7, 11) is 0. The number of para-hydroxylation sites is 1. The molecule has 0 radical (unpaired) electrons. The molecule has 1 N–H and O–H groups in total. The first-order valence-corrected chi connectivity index (χ1v) is 8.72. The zero-order valence-corrected chi connectivity index (χ0v) is 15.3. The van der Waals surface area contributed by atoms with E-state index in [2.05, 4.69) is 10.5 Å². The van der Waals surface area contributed by atoms with Gasteiger partial charge in [0.2, 0.25) is 0 Å². The van der Waals surface area contributed by atoms with Crippen LogP contribution < -0.4 is 10.2 Å². The molecule has 0 unspecified atom stereocenters. The molecule has 0 aliphatic heterocycles. The van der Waals surface area contributed by atoms with Crippen molar-refractivity contribution >= 4 is 23.5 Å². The van der Waals surface area contributed by atoms with E-state index in [-0.39, 0.29) is 6.61 Å². The van der Waals surface area contributed by atoms with E-state index >= 15 is 0 Å². The number of ether oxygens (including phenoxy) is 1. The molecule has 0 bridgehead atoms. The SMILES string of the molecule is FC(F)(F)c1cccc(COc2ccc(Cl)cc2C=NNc2ccccc2)c1. The molecule has 3 aromatic rings. The molecule has 0 atom stereocenters. The third-order valence-corrected chi connectivity index (χ3v) is 4.03. The van der Waals surface area contributed by atoms with Crippen LogP contribution in [0.5, 0.6) is 5.75 Å². The van der Waals surface area contributed by atoms with Crippen LogP contribution in [-0.2, 0) is 12.8 Å². The number of nitrogens with zero attached hydrogens (tertiary/aromatic N) is 1. The highest BCUT2D eigenvalue weighted by Gasteiger charge is 2.30. The van der Waals surface area contributed by atoms with Gasteiger partial charge in [0.25, 0.3) is 0 Å². The lowest BCUT2D eigenvalue weighted by Crippen LogP contribution is -2.06. The van der Waals surface area contributed by atoms with Gasteiger partial charge in [0, 0.05) is 10.6 Å². The van der Waals surface area contributed by atoms with E-state index in [0.29, 0.717) is 21.9 Å². The number of hydrogen-bond acceptors (Lipinski definition) is 3. The smallest absolute Gasteiger partial charge is 0.416 e. The maximum atomic E-state index is 12.8. The second-order valence-corrected chi connectivity index (χ2v) is 6.34. The Hall–Kier alpha value is -2.99. The van der Waals surface area contributed by atoms with Crippen LogP contribution in [0.1, 0.15) is 16.7 Å². The van der Waals surface area contributed by atoms with Gasteiger partial charge in [0.15, 0.2) is 0 Å². The molecule has 0 aromatic heterocycles. The first-order chi connectivity index (χ1) is 13.4. The normalized spacial score (nSPS) is 11.6. The van der Waals surface area contributed by atoms with E-state index in [1.54, 1.807) is 30.5 Å². The van der Waals surface area contributed by atoms with E-state index in [1.165, 1.54) is 6.07 Å². The summed E-state index contributed by atoms with van der Waals surface area (Å²) >= 11 is 6.04. The molecule has 0 fully saturated rings. The van der Waals surface area contributed by atoms with Crippen molar-refractivity contribution in [3.8, 4) is 5.75 Å². The zero-order chi connectivity index (χ0) is 20.0. The van der Waals surface area contributed by atoms with Gasteiger partial charge in [-0.15, -0.1) is 0 Å². The molecule has 0 aliphatic carbocycles. The second kappa shape index (κ2) is 8.80. The summed E-state index contributed by atoms with van der Waals surface area (Å²) in [6.07, 6.45) is -2.85. The van der Waals surface area contributed by atoms with Gasteiger partial charge in [-0.25, -0.2) is 0 Å². The summed E-state index contributed by atoms with van der Waals surface area (Å²) in [5.41, 5.74) is 4.00. The van der Waals surface area contributed by atoms with Crippen LogP contribution >= 0.6 is 11.6 Å². The summed E-state index contributed by atoms with van der Waals surface area (Å²) in [5, 5.41) is 4.65. The van der Waals surface area contributed by atoms with E-state index < -0.39 is 11.7 Å². The Kier molecular flexibility index (Phi) is 6.21. The molecule has 0 saturated heterocycles. The maximum absolute atomic E-state index is 12.8. The number of benzene rings is 3. The Morgan fingerprint density at radius 2 is 1.75 bits per heavy atom. The van der Waals surface area contributed by atoms with Crippen LogP contribution in [0, 0.1) is 0 Å². The lowest BCUT2D eigenvalue weighted by molar-refractivity contribution is -0.137. The number of hydrazone groups is 1. The standard InChI is InChI=1S/C21H16ClF3N2O/c22-18-9-10-20(16(12-18)13-26-27-19-7-2-1-3-8-19)28-14-15-5-4-6-17(11-15)21(23,24)25/h1-13,27H,14H2. The molecule has 0 amide bonds. The largest absolute Gasteiger partial charge is 0.488 e. The molecule has 144 valence electrons. The Morgan fingerprint density at radius 1 is 0.964 bits per heavy atom. The van der Waals surface area contributed by atoms with Crippen molar-refractivity contribution in [1.82, 2.24) is 0 Å².